The molecule has 0 saturated carbocycles. The van der Waals surface area contributed by atoms with Crippen molar-refractivity contribution < 1.29 is 38.1 Å². The minimum Gasteiger partial charge on any atom is -0.495 e. The fourth-order valence-corrected chi connectivity index (χ4v) is 4.90. The maximum absolute atomic E-state index is 13.7. The van der Waals surface area contributed by atoms with Crippen LogP contribution in [0.5, 0.6) is 17.2 Å². The van der Waals surface area contributed by atoms with Crippen molar-refractivity contribution in [3.63, 3.8) is 0 Å². The molecule has 0 unspecified atom stereocenters. The van der Waals surface area contributed by atoms with Gasteiger partial charge in [-0.15, -0.1) is 0 Å². The van der Waals surface area contributed by atoms with Gasteiger partial charge in [-0.05, 0) is 95.0 Å². The van der Waals surface area contributed by atoms with E-state index in [1.165, 1.54) is 12.0 Å². The SMILES string of the molecule is CNC(=O)N(C)CCCCOc1cc(C)ccc1N(C)C(=O)c1ccc(NC(=O)c2ccccc2OCCCNC(=O)OC(C)(C)C)c(OC)c1. The number of ether oxygens (including phenoxy) is 4. The van der Waals surface area contributed by atoms with Gasteiger partial charge in [0, 0.05) is 39.8 Å². The van der Waals surface area contributed by atoms with Gasteiger partial charge in [0.05, 0.1) is 37.3 Å². The topological polar surface area (TPSA) is 148 Å². The lowest BCUT2D eigenvalue weighted by Crippen LogP contribution is -2.35. The van der Waals surface area contributed by atoms with Crippen molar-refractivity contribution >= 4 is 35.3 Å². The molecule has 0 aliphatic rings. The van der Waals surface area contributed by atoms with E-state index in [0.717, 1.165) is 18.4 Å². The van der Waals surface area contributed by atoms with Crippen LogP contribution in [-0.2, 0) is 4.74 Å². The summed E-state index contributed by atoms with van der Waals surface area (Å²) in [5.74, 6) is 0.533. The van der Waals surface area contributed by atoms with E-state index in [2.05, 4.69) is 16.0 Å². The Labute approximate surface area is 300 Å². The number of anilines is 2. The zero-order valence-electron chi connectivity index (χ0n) is 30.9. The number of para-hydroxylation sites is 1. The number of carbonyl (C=O) groups excluding carboxylic acids is 4. The smallest absolute Gasteiger partial charge is 0.407 e. The second kappa shape index (κ2) is 19.1. The van der Waals surface area contributed by atoms with Gasteiger partial charge in [-0.1, -0.05) is 18.2 Å². The molecule has 3 aromatic rings. The molecule has 0 radical (unpaired) electrons. The molecule has 0 aromatic heterocycles. The first kappa shape index (κ1) is 40.0. The van der Waals surface area contributed by atoms with Gasteiger partial charge in [-0.25, -0.2) is 9.59 Å². The molecule has 0 bridgehead atoms. The number of aryl methyl sites for hydroxylation is 1. The lowest BCUT2D eigenvalue weighted by atomic mass is 10.1. The summed E-state index contributed by atoms with van der Waals surface area (Å²) in [5.41, 5.74) is 2.03. The van der Waals surface area contributed by atoms with Crippen LogP contribution in [0, 0.1) is 6.92 Å². The predicted octanol–water partition coefficient (Wildman–Crippen LogP) is 6.26. The normalized spacial score (nSPS) is 10.8. The summed E-state index contributed by atoms with van der Waals surface area (Å²) in [6.07, 6.45) is 1.48. The van der Waals surface area contributed by atoms with Crippen LogP contribution in [0.1, 0.15) is 66.3 Å². The van der Waals surface area contributed by atoms with E-state index in [1.807, 2.05) is 25.1 Å². The van der Waals surface area contributed by atoms with Crippen molar-refractivity contribution in [2.45, 2.75) is 52.6 Å². The Morgan fingerprint density at radius 3 is 2.24 bits per heavy atom. The molecule has 13 nitrogen and oxygen atoms in total. The lowest BCUT2D eigenvalue weighted by molar-refractivity contribution is 0.0525. The number of amides is 5. The van der Waals surface area contributed by atoms with Gasteiger partial charge in [-0.3, -0.25) is 9.59 Å². The summed E-state index contributed by atoms with van der Waals surface area (Å²) >= 11 is 0. The molecule has 0 spiro atoms. The lowest BCUT2D eigenvalue weighted by Gasteiger charge is -2.22. The summed E-state index contributed by atoms with van der Waals surface area (Å²) < 4.78 is 22.8. The van der Waals surface area contributed by atoms with Crippen LogP contribution in [-0.4, -0.2) is 89.0 Å². The van der Waals surface area contributed by atoms with Crippen LogP contribution >= 0.6 is 0 Å². The van der Waals surface area contributed by atoms with Crippen LogP contribution < -0.4 is 35.1 Å². The second-order valence-electron chi connectivity index (χ2n) is 12.9. The molecular weight excluding hydrogens is 654 g/mol. The zero-order chi connectivity index (χ0) is 37.6. The van der Waals surface area contributed by atoms with Gasteiger partial charge >= 0.3 is 12.1 Å². The molecule has 3 N–H and O–H groups in total. The van der Waals surface area contributed by atoms with Gasteiger partial charge in [-0.2, -0.15) is 0 Å². The monoisotopic (exact) mass is 705 g/mol. The van der Waals surface area contributed by atoms with Gasteiger partial charge in [0.2, 0.25) is 0 Å². The third kappa shape index (κ3) is 12.4. The maximum atomic E-state index is 13.7. The van der Waals surface area contributed by atoms with Crippen molar-refractivity contribution in [3.05, 3.63) is 77.4 Å². The van der Waals surface area contributed by atoms with Crippen LogP contribution in [0.4, 0.5) is 21.0 Å². The highest BCUT2D eigenvalue weighted by atomic mass is 16.6. The van der Waals surface area contributed by atoms with Crippen molar-refractivity contribution in [3.8, 4) is 17.2 Å². The van der Waals surface area contributed by atoms with Crippen LogP contribution in [0.25, 0.3) is 0 Å². The quantitative estimate of drug-likeness (QED) is 0.148. The largest absolute Gasteiger partial charge is 0.495 e. The molecule has 0 aliphatic heterocycles. The number of hydrogen-bond acceptors (Lipinski definition) is 8. The number of rotatable bonds is 16. The van der Waals surface area contributed by atoms with Gasteiger partial charge in [0.1, 0.15) is 22.8 Å². The summed E-state index contributed by atoms with van der Waals surface area (Å²) in [4.78, 5) is 53.7. The minimum absolute atomic E-state index is 0.140. The Kier molecular flexibility index (Phi) is 14.9. The van der Waals surface area contributed by atoms with Gasteiger partial charge < -0.3 is 44.7 Å². The minimum atomic E-state index is -0.585. The highest BCUT2D eigenvalue weighted by Gasteiger charge is 2.21. The first-order valence-electron chi connectivity index (χ1n) is 16.9. The number of unbranched alkanes of at least 4 members (excludes halogenated alkanes) is 1. The van der Waals surface area contributed by atoms with Crippen LogP contribution in [0.2, 0.25) is 0 Å². The first-order valence-corrected chi connectivity index (χ1v) is 16.9. The molecule has 0 aliphatic carbocycles. The number of methoxy groups -OCH3 is 1. The first-order chi connectivity index (χ1) is 24.2. The molecule has 0 saturated heterocycles. The summed E-state index contributed by atoms with van der Waals surface area (Å²) in [7, 11) is 6.47. The van der Waals surface area contributed by atoms with E-state index < -0.39 is 17.6 Å². The molecule has 0 fully saturated rings. The number of hydrogen-bond donors (Lipinski definition) is 3. The molecule has 0 heterocycles. The Balaban J connectivity index is 1.63. The molecule has 3 aromatic carbocycles. The summed E-state index contributed by atoms with van der Waals surface area (Å²) in [6, 6.07) is 17.1. The second-order valence-corrected chi connectivity index (χ2v) is 12.9. The van der Waals surface area contributed by atoms with Crippen LogP contribution in [0.15, 0.2) is 60.7 Å². The number of nitrogens with zero attached hydrogens (tertiary/aromatic N) is 2. The third-order valence-corrected chi connectivity index (χ3v) is 7.56. The van der Waals surface area contributed by atoms with Crippen molar-refractivity contribution in [1.29, 1.82) is 0 Å². The predicted molar refractivity (Wildman–Crippen MR) is 197 cm³/mol. The van der Waals surface area contributed by atoms with Gasteiger partial charge in [0.15, 0.2) is 0 Å². The molecule has 13 heteroatoms. The molecule has 5 amide bonds. The summed E-state index contributed by atoms with van der Waals surface area (Å²) in [5, 5.41) is 8.14. The average Bonchev–Trinajstić information content (AvgIpc) is 3.09. The Morgan fingerprint density at radius 2 is 1.53 bits per heavy atom. The third-order valence-electron chi connectivity index (χ3n) is 7.56. The number of urea groups is 1. The van der Waals surface area contributed by atoms with Crippen molar-refractivity contribution in [1.82, 2.24) is 15.5 Å². The van der Waals surface area contributed by atoms with E-state index in [9.17, 15) is 19.2 Å². The zero-order valence-corrected chi connectivity index (χ0v) is 30.9. The number of nitrogens with one attached hydrogen (secondary N) is 3. The molecule has 0 atom stereocenters. The highest BCUT2D eigenvalue weighted by Crippen LogP contribution is 2.32. The molecule has 276 valence electrons. The number of carbonyl (C=O) groups is 4. The Hall–Kier alpha value is -5.46. The van der Waals surface area contributed by atoms with Crippen molar-refractivity contribution in [2.24, 2.45) is 0 Å². The number of benzene rings is 3. The van der Waals surface area contributed by atoms with Gasteiger partial charge in [0.25, 0.3) is 11.8 Å². The maximum Gasteiger partial charge on any atom is 0.407 e. The Bertz CT molecular complexity index is 1660. The van der Waals surface area contributed by atoms with E-state index >= 15 is 0 Å². The van der Waals surface area contributed by atoms with E-state index in [4.69, 9.17) is 18.9 Å². The average molecular weight is 706 g/mol. The standard InChI is InChI=1S/C38H51N5O8/c1-26-16-19-30(33(24-26)50-22-12-11-21-42(6)36(46)39-5)43(7)35(45)27-17-18-29(32(25-27)48-8)41-34(44)28-14-9-10-15-31(28)49-23-13-20-40-37(47)51-38(2,3)4/h9-10,14-19,24-25H,11-13,20-23H2,1-8H3,(H,39,46)(H,40,47)(H,41,44). The highest BCUT2D eigenvalue weighted by molar-refractivity contribution is 6.09. The van der Waals surface area contributed by atoms with E-state index in [1.54, 1.807) is 89.3 Å². The molecule has 51 heavy (non-hydrogen) atoms. The van der Waals surface area contributed by atoms with E-state index in [0.29, 0.717) is 65.9 Å². The molecule has 3 rings (SSSR count). The fourth-order valence-electron chi connectivity index (χ4n) is 4.90. The Morgan fingerprint density at radius 1 is 0.824 bits per heavy atom. The van der Waals surface area contributed by atoms with E-state index in [-0.39, 0.29) is 18.5 Å². The van der Waals surface area contributed by atoms with Crippen LogP contribution in [0.3, 0.4) is 0 Å². The summed E-state index contributed by atoms with van der Waals surface area (Å²) in [6.45, 7) is 8.95. The number of alkyl carbamates (subject to hydrolysis) is 1. The van der Waals surface area contributed by atoms with Crippen molar-refractivity contribution in [2.75, 3.05) is 64.8 Å². The fraction of sp³-hybridized carbons (Fsp3) is 0.421. The molecular formula is C38H51N5O8.